The van der Waals surface area contributed by atoms with Crippen molar-refractivity contribution in [3.05, 3.63) is 0 Å². The van der Waals surface area contributed by atoms with Gasteiger partial charge in [0, 0.05) is 5.75 Å². The first-order chi connectivity index (χ1) is 3.48. The lowest BCUT2D eigenvalue weighted by Gasteiger charge is -2.13. The molecule has 8 heavy (non-hydrogen) atoms. The second-order valence-electron chi connectivity index (χ2n) is 1.39. The number of rotatable bonds is 2. The highest BCUT2D eigenvalue weighted by molar-refractivity contribution is 7.86. The Morgan fingerprint density at radius 3 is 1.75 bits per heavy atom. The van der Waals surface area contributed by atoms with Crippen LogP contribution in [0.4, 0.5) is 0 Å². The zero-order chi connectivity index (χ0) is 6.78. The predicted octanol–water partition coefficient (Wildman–Crippen LogP) is -1.33. The number of hydrogen-bond donors (Lipinski definition) is 5. The maximum atomic E-state index is 8.41. The molecule has 0 aromatic carbocycles. The fraction of sp³-hybridized carbons (Fsp3) is 1.00. The quantitative estimate of drug-likeness (QED) is 0.265. The lowest BCUT2D eigenvalue weighted by molar-refractivity contribution is 0.228. The Morgan fingerprint density at radius 2 is 1.75 bits per heavy atom. The molecule has 0 saturated heterocycles. The van der Waals surface area contributed by atoms with Crippen LogP contribution in [0.5, 0.6) is 0 Å². The Hall–Kier alpha value is 0.797. The molecule has 0 amide bonds. The second-order valence-corrected chi connectivity index (χ2v) is 4.93. The molecule has 1 atom stereocenters. The Morgan fingerprint density at radius 1 is 1.38 bits per heavy atom. The molecule has 0 aromatic heterocycles. The van der Waals surface area contributed by atoms with Gasteiger partial charge in [0.2, 0.25) is 0 Å². The van der Waals surface area contributed by atoms with Crippen LogP contribution in [0.15, 0.2) is 0 Å². The molecule has 0 bridgehead atoms. The average molecular weight is 172 g/mol. The van der Waals surface area contributed by atoms with E-state index in [2.05, 4.69) is 25.3 Å². The normalized spacial score (nSPS) is 16.1. The zero-order valence-electron chi connectivity index (χ0n) is 4.02. The van der Waals surface area contributed by atoms with Crippen LogP contribution in [-0.2, 0) is 0 Å². The zero-order valence-corrected chi connectivity index (χ0v) is 6.81. The highest BCUT2D eigenvalue weighted by Gasteiger charge is 2.35. The molecule has 6 heteroatoms. The Balaban J connectivity index is 3.62. The van der Waals surface area contributed by atoms with Gasteiger partial charge in [-0.15, -0.1) is 0 Å². The fourth-order valence-corrected chi connectivity index (χ4v) is 1.10. The first-order valence-corrected chi connectivity index (χ1v) is 5.01. The van der Waals surface area contributed by atoms with E-state index in [0.29, 0.717) is 0 Å². The highest BCUT2D eigenvalue weighted by atomic mass is 32.1. The van der Waals surface area contributed by atoms with E-state index in [1.807, 2.05) is 0 Å². The van der Waals surface area contributed by atoms with E-state index >= 15 is 0 Å². The van der Waals surface area contributed by atoms with Gasteiger partial charge in [-0.2, -0.15) is 25.3 Å². The van der Waals surface area contributed by atoms with E-state index in [1.54, 1.807) is 0 Å². The maximum Gasteiger partial charge on any atom is 0.507 e. The minimum atomic E-state index is -3.97. The molecule has 0 rings (SSSR count). The van der Waals surface area contributed by atoms with Gasteiger partial charge in [-0.05, 0) is 0 Å². The first-order valence-electron chi connectivity index (χ1n) is 1.94. The molecular formula is C2H8O3S2Si. The number of hydrogen-bond acceptors (Lipinski definition) is 5. The molecule has 0 aliphatic rings. The van der Waals surface area contributed by atoms with E-state index in [9.17, 15) is 0 Å². The summed E-state index contributed by atoms with van der Waals surface area (Å²) in [4.78, 5) is 24.4. The summed E-state index contributed by atoms with van der Waals surface area (Å²) in [7, 11) is -3.97. The topological polar surface area (TPSA) is 60.7 Å². The van der Waals surface area contributed by atoms with Crippen molar-refractivity contribution >= 4 is 34.1 Å². The van der Waals surface area contributed by atoms with Crippen LogP contribution >= 0.6 is 25.3 Å². The van der Waals surface area contributed by atoms with E-state index in [0.717, 1.165) is 0 Å². The van der Waals surface area contributed by atoms with Crippen LogP contribution in [0.25, 0.3) is 0 Å². The summed E-state index contributed by atoms with van der Waals surface area (Å²) in [6.07, 6.45) is 0. The summed E-state index contributed by atoms with van der Waals surface area (Å²) < 4.78 is 0. The third kappa shape index (κ3) is 2.95. The standard InChI is InChI=1S/C2H8O3S2Si/c3-8(4,5)2(7)1-6/h2-7H,1H2. The first kappa shape index (κ1) is 8.80. The van der Waals surface area contributed by atoms with Crippen molar-refractivity contribution in [3.63, 3.8) is 0 Å². The molecule has 0 aliphatic heterocycles. The minimum Gasteiger partial charge on any atom is -0.389 e. The second kappa shape index (κ2) is 3.09. The van der Waals surface area contributed by atoms with Crippen LogP contribution in [-0.4, -0.2) is 33.8 Å². The molecule has 1 unspecified atom stereocenters. The molecule has 0 aromatic rings. The summed E-state index contributed by atoms with van der Waals surface area (Å²) in [6, 6.07) is 0. The largest absolute Gasteiger partial charge is 0.507 e. The van der Waals surface area contributed by atoms with Gasteiger partial charge < -0.3 is 14.4 Å². The molecule has 0 saturated carbocycles. The molecule has 0 spiro atoms. The Labute approximate surface area is 59.5 Å². The summed E-state index contributed by atoms with van der Waals surface area (Å²) in [5, 5.41) is 0. The van der Waals surface area contributed by atoms with Gasteiger partial charge in [0.1, 0.15) is 0 Å². The summed E-state index contributed by atoms with van der Waals surface area (Å²) in [5.41, 5.74) is 0. The molecule has 3 N–H and O–H groups in total. The van der Waals surface area contributed by atoms with Crippen LogP contribution in [0, 0.1) is 0 Å². The summed E-state index contributed by atoms with van der Waals surface area (Å²) >= 11 is 7.33. The lowest BCUT2D eigenvalue weighted by Crippen LogP contribution is -2.46. The van der Waals surface area contributed by atoms with Crippen molar-refractivity contribution in [3.8, 4) is 0 Å². The summed E-state index contributed by atoms with van der Waals surface area (Å²) in [6.45, 7) is 0. The van der Waals surface area contributed by atoms with Crippen molar-refractivity contribution in [1.29, 1.82) is 0 Å². The fourth-order valence-electron chi connectivity index (χ4n) is 0.122. The van der Waals surface area contributed by atoms with Gasteiger partial charge in [0.15, 0.2) is 0 Å². The van der Waals surface area contributed by atoms with Gasteiger partial charge in [-0.25, -0.2) is 0 Å². The molecule has 0 radical (unpaired) electrons. The average Bonchev–Trinajstić information content (AvgIpc) is 1.62. The van der Waals surface area contributed by atoms with Crippen LogP contribution in [0.2, 0.25) is 0 Å². The molecule has 50 valence electrons. The van der Waals surface area contributed by atoms with E-state index in [1.165, 1.54) is 0 Å². The van der Waals surface area contributed by atoms with E-state index in [4.69, 9.17) is 14.4 Å². The van der Waals surface area contributed by atoms with E-state index < -0.39 is 13.7 Å². The smallest absolute Gasteiger partial charge is 0.389 e. The maximum absolute atomic E-state index is 8.41. The Bertz CT molecular complexity index is 72.2. The van der Waals surface area contributed by atoms with Crippen molar-refractivity contribution < 1.29 is 14.4 Å². The summed E-state index contributed by atoms with van der Waals surface area (Å²) in [5.74, 6) is 0.166. The van der Waals surface area contributed by atoms with Gasteiger partial charge in [-0.1, -0.05) is 0 Å². The lowest BCUT2D eigenvalue weighted by atomic mass is 10.9. The third-order valence-electron chi connectivity index (χ3n) is 0.620. The third-order valence-corrected chi connectivity index (χ3v) is 3.94. The monoisotopic (exact) mass is 172 g/mol. The molecular weight excluding hydrogens is 164 g/mol. The highest BCUT2D eigenvalue weighted by Crippen LogP contribution is 2.05. The van der Waals surface area contributed by atoms with Crippen LogP contribution in [0.3, 0.4) is 0 Å². The van der Waals surface area contributed by atoms with Crippen molar-refractivity contribution in [2.75, 3.05) is 5.75 Å². The molecule has 3 nitrogen and oxygen atoms in total. The van der Waals surface area contributed by atoms with Gasteiger partial charge in [0.25, 0.3) is 0 Å². The van der Waals surface area contributed by atoms with Crippen LogP contribution in [0.1, 0.15) is 0 Å². The SMILES string of the molecule is O[Si](O)(O)C(S)CS. The van der Waals surface area contributed by atoms with Crippen molar-refractivity contribution in [1.82, 2.24) is 0 Å². The predicted molar refractivity (Wildman–Crippen MR) is 39.0 cm³/mol. The van der Waals surface area contributed by atoms with Gasteiger partial charge in [-0.3, -0.25) is 0 Å². The Kier molecular flexibility index (Phi) is 3.40. The van der Waals surface area contributed by atoms with Gasteiger partial charge >= 0.3 is 8.80 Å². The molecule has 0 heterocycles. The number of thiol groups is 2. The van der Waals surface area contributed by atoms with Crippen LogP contribution < -0.4 is 0 Å². The van der Waals surface area contributed by atoms with Gasteiger partial charge in [0.05, 0.1) is 4.87 Å². The minimum absolute atomic E-state index is 0.166. The molecule has 0 aliphatic carbocycles. The van der Waals surface area contributed by atoms with E-state index in [-0.39, 0.29) is 5.75 Å². The van der Waals surface area contributed by atoms with Crippen molar-refractivity contribution in [2.45, 2.75) is 4.87 Å². The molecule has 0 fully saturated rings. The van der Waals surface area contributed by atoms with Crippen molar-refractivity contribution in [2.24, 2.45) is 0 Å².